The maximum absolute atomic E-state index is 11.2. The topological polar surface area (TPSA) is 93.0 Å². The molecule has 0 atom stereocenters. The molecule has 0 saturated carbocycles. The fraction of sp³-hybridized carbons (Fsp3) is 0.286. The second kappa shape index (κ2) is 5.74. The molecular weight excluding hydrogens is 270 g/mol. The number of rotatable bonds is 4. The molecule has 0 spiro atoms. The van der Waals surface area contributed by atoms with E-state index in [1.807, 2.05) is 32.0 Å². The lowest BCUT2D eigenvalue weighted by Gasteiger charge is -2.11. The van der Waals surface area contributed by atoms with Crippen LogP contribution in [0.4, 0.5) is 23.1 Å². The van der Waals surface area contributed by atoms with E-state index < -0.39 is 4.92 Å². The van der Waals surface area contributed by atoms with E-state index in [0.717, 1.165) is 16.8 Å². The molecule has 0 saturated heterocycles. The molecule has 21 heavy (non-hydrogen) atoms. The standard InChI is InChI=1S/C14H17N5O2/c1-8-5-6-11(9(2)7-8)17-13-12(19(20)21)10(3)16-14(15-4)18-13/h5-7H,1-4H3,(H2,15,16,17,18). The zero-order chi connectivity index (χ0) is 15.6. The fourth-order valence-electron chi connectivity index (χ4n) is 2.07. The van der Waals surface area contributed by atoms with Gasteiger partial charge in [0.15, 0.2) is 0 Å². The maximum atomic E-state index is 11.2. The van der Waals surface area contributed by atoms with Gasteiger partial charge in [-0.2, -0.15) is 4.98 Å². The second-order valence-corrected chi connectivity index (χ2v) is 4.78. The number of anilines is 3. The summed E-state index contributed by atoms with van der Waals surface area (Å²) in [6.45, 7) is 5.52. The molecule has 0 unspecified atom stereocenters. The van der Waals surface area contributed by atoms with Crippen LogP contribution in [-0.4, -0.2) is 21.9 Å². The number of nitrogens with one attached hydrogen (secondary N) is 2. The van der Waals surface area contributed by atoms with E-state index >= 15 is 0 Å². The highest BCUT2D eigenvalue weighted by molar-refractivity contribution is 5.70. The Morgan fingerprint density at radius 1 is 1.19 bits per heavy atom. The lowest BCUT2D eigenvalue weighted by molar-refractivity contribution is -0.385. The van der Waals surface area contributed by atoms with Crippen molar-refractivity contribution < 1.29 is 4.92 Å². The number of benzene rings is 1. The molecule has 0 bridgehead atoms. The summed E-state index contributed by atoms with van der Waals surface area (Å²) in [4.78, 5) is 19.0. The van der Waals surface area contributed by atoms with Gasteiger partial charge in [0.2, 0.25) is 11.8 Å². The number of hydrogen-bond acceptors (Lipinski definition) is 6. The van der Waals surface area contributed by atoms with Crippen LogP contribution in [0.25, 0.3) is 0 Å². The lowest BCUT2D eigenvalue weighted by Crippen LogP contribution is -2.07. The van der Waals surface area contributed by atoms with Crippen LogP contribution in [0.1, 0.15) is 16.8 Å². The first kappa shape index (κ1) is 14.7. The van der Waals surface area contributed by atoms with E-state index in [1.54, 1.807) is 14.0 Å². The molecule has 0 aliphatic carbocycles. The third kappa shape index (κ3) is 3.07. The van der Waals surface area contributed by atoms with Gasteiger partial charge in [-0.3, -0.25) is 10.1 Å². The Labute approximate surface area is 122 Å². The first-order chi connectivity index (χ1) is 9.92. The molecule has 1 heterocycles. The Balaban J connectivity index is 2.51. The average molecular weight is 287 g/mol. The van der Waals surface area contributed by atoms with E-state index in [9.17, 15) is 10.1 Å². The minimum atomic E-state index is -0.472. The lowest BCUT2D eigenvalue weighted by atomic mass is 10.1. The molecule has 7 heteroatoms. The van der Waals surface area contributed by atoms with Crippen LogP contribution in [-0.2, 0) is 0 Å². The van der Waals surface area contributed by atoms with Crippen molar-refractivity contribution in [3.8, 4) is 0 Å². The summed E-state index contributed by atoms with van der Waals surface area (Å²) in [5.74, 6) is 0.522. The molecule has 1 aromatic carbocycles. The third-order valence-electron chi connectivity index (χ3n) is 3.10. The minimum absolute atomic E-state index is 0.117. The second-order valence-electron chi connectivity index (χ2n) is 4.78. The molecule has 1 aromatic heterocycles. The summed E-state index contributed by atoms with van der Waals surface area (Å²) >= 11 is 0. The van der Waals surface area contributed by atoms with E-state index in [4.69, 9.17) is 0 Å². The molecule has 110 valence electrons. The van der Waals surface area contributed by atoms with E-state index in [1.165, 1.54) is 0 Å². The molecule has 0 aliphatic heterocycles. The Bertz CT molecular complexity index is 700. The van der Waals surface area contributed by atoms with E-state index in [2.05, 4.69) is 20.6 Å². The Hall–Kier alpha value is -2.70. The van der Waals surface area contributed by atoms with Gasteiger partial charge in [-0.25, -0.2) is 4.98 Å². The van der Waals surface area contributed by atoms with E-state index in [-0.39, 0.29) is 11.5 Å². The van der Waals surface area contributed by atoms with Crippen LogP contribution < -0.4 is 10.6 Å². The molecule has 0 radical (unpaired) electrons. The van der Waals surface area contributed by atoms with Crippen molar-refractivity contribution in [3.05, 3.63) is 45.1 Å². The molecular formula is C14H17N5O2. The minimum Gasteiger partial charge on any atom is -0.357 e. The highest BCUT2D eigenvalue weighted by Crippen LogP contribution is 2.30. The van der Waals surface area contributed by atoms with Crippen molar-refractivity contribution in [2.24, 2.45) is 0 Å². The van der Waals surface area contributed by atoms with Gasteiger partial charge in [0, 0.05) is 12.7 Å². The van der Waals surface area contributed by atoms with Gasteiger partial charge in [0.05, 0.1) is 4.92 Å². The Kier molecular flexibility index (Phi) is 4.02. The monoisotopic (exact) mass is 287 g/mol. The summed E-state index contributed by atoms with van der Waals surface area (Å²) in [5.41, 5.74) is 3.10. The van der Waals surface area contributed by atoms with Crippen LogP contribution >= 0.6 is 0 Å². The van der Waals surface area contributed by atoms with E-state index in [0.29, 0.717) is 11.6 Å². The van der Waals surface area contributed by atoms with Crippen molar-refractivity contribution in [1.29, 1.82) is 0 Å². The van der Waals surface area contributed by atoms with Gasteiger partial charge < -0.3 is 10.6 Å². The highest BCUT2D eigenvalue weighted by atomic mass is 16.6. The third-order valence-corrected chi connectivity index (χ3v) is 3.10. The first-order valence-corrected chi connectivity index (χ1v) is 6.47. The molecule has 0 fully saturated rings. The Morgan fingerprint density at radius 2 is 1.90 bits per heavy atom. The van der Waals surface area contributed by atoms with Crippen molar-refractivity contribution in [2.45, 2.75) is 20.8 Å². The SMILES string of the molecule is CNc1nc(C)c([N+](=O)[O-])c(Nc2ccc(C)cc2C)n1. The fourth-order valence-corrected chi connectivity index (χ4v) is 2.07. The predicted octanol–water partition coefficient (Wildman–Crippen LogP) is 3.10. The number of aromatic nitrogens is 2. The number of nitrogens with zero attached hydrogens (tertiary/aromatic N) is 3. The van der Waals surface area contributed by atoms with Gasteiger partial charge in [-0.15, -0.1) is 0 Å². The predicted molar refractivity (Wildman–Crippen MR) is 82.2 cm³/mol. The van der Waals surface area contributed by atoms with Crippen LogP contribution in [0.3, 0.4) is 0 Å². The van der Waals surface area contributed by atoms with Crippen molar-refractivity contribution in [1.82, 2.24) is 9.97 Å². The zero-order valence-electron chi connectivity index (χ0n) is 12.4. The highest BCUT2D eigenvalue weighted by Gasteiger charge is 2.22. The van der Waals surface area contributed by atoms with Crippen molar-refractivity contribution >= 4 is 23.1 Å². The smallest absolute Gasteiger partial charge is 0.332 e. The van der Waals surface area contributed by atoms with Crippen LogP contribution in [0.2, 0.25) is 0 Å². The summed E-state index contributed by atoms with van der Waals surface area (Å²) in [5, 5.41) is 17.1. The van der Waals surface area contributed by atoms with Crippen molar-refractivity contribution in [3.63, 3.8) is 0 Å². The molecule has 0 aliphatic rings. The van der Waals surface area contributed by atoms with Crippen LogP contribution in [0, 0.1) is 30.9 Å². The number of nitro groups is 1. The van der Waals surface area contributed by atoms with Gasteiger partial charge in [-0.1, -0.05) is 17.7 Å². The van der Waals surface area contributed by atoms with Gasteiger partial charge in [-0.05, 0) is 32.4 Å². The number of aryl methyl sites for hydroxylation is 3. The summed E-state index contributed by atoms with van der Waals surface area (Å²) in [6, 6.07) is 5.82. The molecule has 2 N–H and O–H groups in total. The largest absolute Gasteiger partial charge is 0.357 e. The zero-order valence-corrected chi connectivity index (χ0v) is 12.4. The molecule has 2 aromatic rings. The molecule has 0 amide bonds. The van der Waals surface area contributed by atoms with Crippen molar-refractivity contribution in [2.75, 3.05) is 17.7 Å². The normalized spacial score (nSPS) is 10.3. The molecule has 2 rings (SSSR count). The summed E-state index contributed by atoms with van der Waals surface area (Å²) in [6.07, 6.45) is 0. The maximum Gasteiger partial charge on any atom is 0.332 e. The van der Waals surface area contributed by atoms with Gasteiger partial charge in [0.1, 0.15) is 5.69 Å². The van der Waals surface area contributed by atoms with Gasteiger partial charge >= 0.3 is 5.69 Å². The summed E-state index contributed by atoms with van der Waals surface area (Å²) in [7, 11) is 1.67. The molecule has 7 nitrogen and oxygen atoms in total. The quantitative estimate of drug-likeness (QED) is 0.663. The summed E-state index contributed by atoms with van der Waals surface area (Å²) < 4.78 is 0. The number of hydrogen-bond donors (Lipinski definition) is 2. The van der Waals surface area contributed by atoms with Crippen LogP contribution in [0.5, 0.6) is 0 Å². The first-order valence-electron chi connectivity index (χ1n) is 6.47. The average Bonchev–Trinajstić information content (AvgIpc) is 2.40. The van der Waals surface area contributed by atoms with Crippen LogP contribution in [0.15, 0.2) is 18.2 Å². The van der Waals surface area contributed by atoms with Gasteiger partial charge in [0.25, 0.3) is 0 Å². The Morgan fingerprint density at radius 3 is 2.48 bits per heavy atom.